The van der Waals surface area contributed by atoms with Crippen LogP contribution >= 0.6 is 15.9 Å². The van der Waals surface area contributed by atoms with E-state index in [-0.39, 0.29) is 17.3 Å². The zero-order valence-electron chi connectivity index (χ0n) is 22.6. The molecule has 0 unspecified atom stereocenters. The molecule has 10 heteroatoms. The molecule has 0 saturated heterocycles. The summed E-state index contributed by atoms with van der Waals surface area (Å²) in [6.45, 7) is 5.54. The van der Waals surface area contributed by atoms with E-state index in [2.05, 4.69) is 21.2 Å². The first-order chi connectivity index (χ1) is 18.6. The smallest absolute Gasteiger partial charge is 0.264 e. The molecular formula is C29H34BrN3O5S. The summed E-state index contributed by atoms with van der Waals surface area (Å²) in [7, 11) is -2.55. The van der Waals surface area contributed by atoms with Crippen LogP contribution in [0.3, 0.4) is 0 Å². The molecule has 3 aromatic rings. The summed E-state index contributed by atoms with van der Waals surface area (Å²) in [6, 6.07) is 19.7. The highest BCUT2D eigenvalue weighted by Crippen LogP contribution is 2.27. The highest BCUT2D eigenvalue weighted by Gasteiger charge is 2.33. The standard InChI is InChI=1S/C29H34BrN3O5S/c1-5-27(29(35)31-6-2)32(19-22-12-14-25(38-4)15-13-22)28(34)20-33(24-9-7-8-23(30)18-24)39(36,37)26-16-10-21(3)11-17-26/h7-18,27H,5-6,19-20H2,1-4H3,(H,31,35)/t27-/m0/s1. The Hall–Kier alpha value is -3.37. The second kappa shape index (κ2) is 13.6. The summed E-state index contributed by atoms with van der Waals surface area (Å²) in [5, 5.41) is 2.80. The van der Waals surface area contributed by atoms with Crippen LogP contribution in [0, 0.1) is 6.92 Å². The molecule has 208 valence electrons. The number of hydrogen-bond acceptors (Lipinski definition) is 5. The summed E-state index contributed by atoms with van der Waals surface area (Å²) < 4.78 is 34.7. The van der Waals surface area contributed by atoms with Gasteiger partial charge in [0.25, 0.3) is 10.0 Å². The highest BCUT2D eigenvalue weighted by atomic mass is 79.9. The van der Waals surface area contributed by atoms with E-state index in [0.29, 0.717) is 28.9 Å². The van der Waals surface area contributed by atoms with Gasteiger partial charge in [-0.3, -0.25) is 13.9 Å². The van der Waals surface area contributed by atoms with Gasteiger partial charge in [0, 0.05) is 17.6 Å². The molecule has 2 amide bonds. The minimum Gasteiger partial charge on any atom is -0.497 e. The number of halogens is 1. The molecule has 8 nitrogen and oxygen atoms in total. The van der Waals surface area contributed by atoms with Crippen molar-refractivity contribution in [3.8, 4) is 5.75 Å². The number of nitrogens with one attached hydrogen (secondary N) is 1. The van der Waals surface area contributed by atoms with Crippen molar-refractivity contribution in [2.24, 2.45) is 0 Å². The average Bonchev–Trinajstić information content (AvgIpc) is 2.92. The molecule has 1 atom stereocenters. The first kappa shape index (κ1) is 30.2. The van der Waals surface area contributed by atoms with Gasteiger partial charge < -0.3 is 15.0 Å². The van der Waals surface area contributed by atoms with Crippen LogP contribution in [0.2, 0.25) is 0 Å². The molecule has 0 radical (unpaired) electrons. The number of aryl methyl sites for hydroxylation is 1. The Morgan fingerprint density at radius 1 is 1.00 bits per heavy atom. The SMILES string of the molecule is CCNC(=O)[C@H](CC)N(Cc1ccc(OC)cc1)C(=O)CN(c1cccc(Br)c1)S(=O)(=O)c1ccc(C)cc1. The molecule has 0 heterocycles. The van der Waals surface area contributed by atoms with Gasteiger partial charge in [-0.05, 0) is 68.3 Å². The summed E-state index contributed by atoms with van der Waals surface area (Å²) in [6.07, 6.45) is 0.356. The van der Waals surface area contributed by atoms with Crippen molar-refractivity contribution in [2.75, 3.05) is 24.5 Å². The van der Waals surface area contributed by atoms with Crippen LogP contribution < -0.4 is 14.4 Å². The topological polar surface area (TPSA) is 96.0 Å². The Kier molecular flexibility index (Phi) is 10.5. The summed E-state index contributed by atoms with van der Waals surface area (Å²) in [5.41, 5.74) is 2.02. The summed E-state index contributed by atoms with van der Waals surface area (Å²) >= 11 is 3.40. The number of nitrogens with zero attached hydrogens (tertiary/aromatic N) is 2. The van der Waals surface area contributed by atoms with E-state index in [4.69, 9.17) is 4.74 Å². The van der Waals surface area contributed by atoms with Gasteiger partial charge in [0.1, 0.15) is 18.3 Å². The third kappa shape index (κ3) is 7.60. The van der Waals surface area contributed by atoms with Gasteiger partial charge in [-0.15, -0.1) is 0 Å². The fourth-order valence-electron chi connectivity index (χ4n) is 4.14. The monoisotopic (exact) mass is 615 g/mol. The van der Waals surface area contributed by atoms with Crippen molar-refractivity contribution < 1.29 is 22.7 Å². The zero-order chi connectivity index (χ0) is 28.6. The molecule has 0 aliphatic carbocycles. The molecule has 0 aliphatic heterocycles. The highest BCUT2D eigenvalue weighted by molar-refractivity contribution is 9.10. The van der Waals surface area contributed by atoms with Gasteiger partial charge >= 0.3 is 0 Å². The molecule has 3 aromatic carbocycles. The molecule has 0 aromatic heterocycles. The van der Waals surface area contributed by atoms with Crippen molar-refractivity contribution in [3.63, 3.8) is 0 Å². The maximum absolute atomic E-state index is 14.0. The first-order valence-electron chi connectivity index (χ1n) is 12.7. The minimum atomic E-state index is -4.11. The van der Waals surface area contributed by atoms with Gasteiger partial charge in [-0.2, -0.15) is 0 Å². The Labute approximate surface area is 239 Å². The number of methoxy groups -OCH3 is 1. The number of anilines is 1. The lowest BCUT2D eigenvalue weighted by molar-refractivity contribution is -0.140. The second-order valence-electron chi connectivity index (χ2n) is 8.99. The molecule has 0 spiro atoms. The number of likely N-dealkylation sites (N-methyl/N-ethyl adjacent to an activating group) is 1. The van der Waals surface area contributed by atoms with E-state index in [1.807, 2.05) is 32.9 Å². The minimum absolute atomic E-state index is 0.0679. The Balaban J connectivity index is 2.05. The number of benzene rings is 3. The van der Waals surface area contributed by atoms with Gasteiger partial charge in [0.2, 0.25) is 11.8 Å². The van der Waals surface area contributed by atoms with Gasteiger partial charge in [0.05, 0.1) is 17.7 Å². The normalized spacial score (nSPS) is 11.9. The number of carbonyl (C=O) groups excluding carboxylic acids is 2. The van der Waals surface area contributed by atoms with Crippen LogP contribution in [0.25, 0.3) is 0 Å². The molecule has 0 saturated carbocycles. The first-order valence-corrected chi connectivity index (χ1v) is 14.9. The molecular weight excluding hydrogens is 582 g/mol. The van der Waals surface area contributed by atoms with Crippen molar-refractivity contribution >= 4 is 43.5 Å². The second-order valence-corrected chi connectivity index (χ2v) is 11.8. The molecule has 39 heavy (non-hydrogen) atoms. The summed E-state index contributed by atoms with van der Waals surface area (Å²) in [5.74, 6) is -0.130. The number of sulfonamides is 1. The van der Waals surface area contributed by atoms with Crippen molar-refractivity contribution in [1.29, 1.82) is 0 Å². The maximum Gasteiger partial charge on any atom is 0.264 e. The van der Waals surface area contributed by atoms with E-state index in [0.717, 1.165) is 15.4 Å². The Morgan fingerprint density at radius 3 is 2.23 bits per heavy atom. The fraction of sp³-hybridized carbons (Fsp3) is 0.310. The quantitative estimate of drug-likeness (QED) is 0.312. The average molecular weight is 617 g/mol. The van der Waals surface area contributed by atoms with Crippen LogP contribution in [-0.2, 0) is 26.2 Å². The third-order valence-corrected chi connectivity index (χ3v) is 8.51. The fourth-order valence-corrected chi connectivity index (χ4v) is 5.93. The van der Waals surface area contributed by atoms with Crippen LogP contribution in [-0.4, -0.2) is 51.4 Å². The predicted molar refractivity (Wildman–Crippen MR) is 156 cm³/mol. The van der Waals surface area contributed by atoms with E-state index < -0.39 is 28.5 Å². The third-order valence-electron chi connectivity index (χ3n) is 6.23. The lowest BCUT2D eigenvalue weighted by Gasteiger charge is -2.33. The molecule has 0 fully saturated rings. The molecule has 0 aliphatic rings. The van der Waals surface area contributed by atoms with Gasteiger partial charge in [0.15, 0.2) is 0 Å². The van der Waals surface area contributed by atoms with E-state index in [1.54, 1.807) is 55.6 Å². The van der Waals surface area contributed by atoms with E-state index in [9.17, 15) is 18.0 Å². The zero-order valence-corrected chi connectivity index (χ0v) is 25.0. The molecule has 0 bridgehead atoms. The number of ether oxygens (including phenoxy) is 1. The van der Waals surface area contributed by atoms with Crippen LogP contribution in [0.1, 0.15) is 31.4 Å². The maximum atomic E-state index is 14.0. The number of rotatable bonds is 12. The number of hydrogen-bond donors (Lipinski definition) is 1. The van der Waals surface area contributed by atoms with Crippen LogP contribution in [0.4, 0.5) is 5.69 Å². The lowest BCUT2D eigenvalue weighted by Crippen LogP contribution is -2.52. The van der Waals surface area contributed by atoms with Crippen molar-refractivity contribution in [2.45, 2.75) is 44.7 Å². The van der Waals surface area contributed by atoms with Crippen LogP contribution in [0.15, 0.2) is 82.2 Å². The summed E-state index contributed by atoms with van der Waals surface area (Å²) in [4.78, 5) is 28.5. The van der Waals surface area contributed by atoms with Gasteiger partial charge in [-0.1, -0.05) is 58.7 Å². The van der Waals surface area contributed by atoms with Gasteiger partial charge in [-0.25, -0.2) is 8.42 Å². The Bertz CT molecular complexity index is 1380. The van der Waals surface area contributed by atoms with E-state index in [1.165, 1.54) is 17.0 Å². The number of carbonyl (C=O) groups is 2. The van der Waals surface area contributed by atoms with Crippen molar-refractivity contribution in [3.05, 3.63) is 88.4 Å². The predicted octanol–water partition coefficient (Wildman–Crippen LogP) is 4.90. The lowest BCUT2D eigenvalue weighted by atomic mass is 10.1. The molecule has 3 rings (SSSR count). The Morgan fingerprint density at radius 2 is 1.67 bits per heavy atom. The molecule has 1 N–H and O–H groups in total. The number of amides is 2. The largest absolute Gasteiger partial charge is 0.497 e. The van der Waals surface area contributed by atoms with Crippen molar-refractivity contribution in [1.82, 2.24) is 10.2 Å². The van der Waals surface area contributed by atoms with E-state index >= 15 is 0 Å². The van der Waals surface area contributed by atoms with Crippen LogP contribution in [0.5, 0.6) is 5.75 Å².